The Kier molecular flexibility index (Phi) is 2.79. The van der Waals surface area contributed by atoms with Crippen molar-refractivity contribution in [3.8, 4) is 0 Å². The molecule has 5 atom stereocenters. The minimum absolute atomic E-state index is 0.0747. The third-order valence-corrected chi connectivity index (χ3v) is 5.92. The predicted octanol–water partition coefficient (Wildman–Crippen LogP) is -0.356. The number of aliphatic hydroxyl groups is 2. The number of aromatic nitrogens is 3. The van der Waals surface area contributed by atoms with E-state index in [1.807, 2.05) is 10.8 Å². The topological polar surface area (TPSA) is 123 Å². The summed E-state index contributed by atoms with van der Waals surface area (Å²) in [5, 5.41) is 21.6. The minimum Gasteiger partial charge on any atom is -0.390 e. The maximum absolute atomic E-state index is 10.5. The molecule has 7 nitrogen and oxygen atoms in total. The van der Waals surface area contributed by atoms with Gasteiger partial charge >= 0.3 is 0 Å². The van der Waals surface area contributed by atoms with E-state index < -0.39 is 17.7 Å². The van der Waals surface area contributed by atoms with Crippen molar-refractivity contribution >= 4 is 39.4 Å². The van der Waals surface area contributed by atoms with Crippen molar-refractivity contribution in [3.05, 3.63) is 16.1 Å². The summed E-state index contributed by atoms with van der Waals surface area (Å²) in [7, 11) is 0. The molecule has 2 aromatic rings. The largest absolute Gasteiger partial charge is 0.390 e. The number of anilines is 1. The summed E-state index contributed by atoms with van der Waals surface area (Å²) in [5.41, 5.74) is 11.9. The summed E-state index contributed by atoms with van der Waals surface area (Å²) < 4.78 is 2.91. The number of fused-ring (bicyclic) bond motifs is 2. The van der Waals surface area contributed by atoms with Gasteiger partial charge in [-0.05, 0) is 41.5 Å². The summed E-state index contributed by atoms with van der Waals surface area (Å²) >= 11 is 2.19. The second-order valence-electron chi connectivity index (χ2n) is 5.94. The number of rotatable bonds is 2. The smallest absolute Gasteiger partial charge is 0.147 e. The van der Waals surface area contributed by atoms with Crippen LogP contribution in [-0.2, 0) is 5.54 Å². The van der Waals surface area contributed by atoms with Crippen LogP contribution in [0.25, 0.3) is 11.0 Å². The van der Waals surface area contributed by atoms with Crippen LogP contribution in [0, 0.1) is 15.4 Å². The Morgan fingerprint density at radius 3 is 2.86 bits per heavy atom. The van der Waals surface area contributed by atoms with Gasteiger partial charge in [-0.3, -0.25) is 0 Å². The van der Waals surface area contributed by atoms with E-state index in [-0.39, 0.29) is 11.8 Å². The average molecular weight is 401 g/mol. The molecule has 2 aliphatic rings. The number of hydrogen-bond donors (Lipinski definition) is 4. The van der Waals surface area contributed by atoms with Crippen LogP contribution in [0.1, 0.15) is 6.42 Å². The molecule has 2 aromatic heterocycles. The van der Waals surface area contributed by atoms with E-state index in [1.165, 1.54) is 6.33 Å². The summed E-state index contributed by atoms with van der Waals surface area (Å²) in [6.07, 6.45) is 2.54. The molecule has 2 aliphatic carbocycles. The van der Waals surface area contributed by atoms with Gasteiger partial charge in [0.05, 0.1) is 17.0 Å². The number of nitrogens with two attached hydrogens (primary N) is 2. The highest BCUT2D eigenvalue weighted by Gasteiger charge is 2.72. The molecule has 0 aromatic carbocycles. The van der Waals surface area contributed by atoms with Gasteiger partial charge in [-0.2, -0.15) is 0 Å². The zero-order chi connectivity index (χ0) is 14.9. The van der Waals surface area contributed by atoms with E-state index in [4.69, 9.17) is 11.5 Å². The van der Waals surface area contributed by atoms with E-state index in [1.54, 1.807) is 0 Å². The van der Waals surface area contributed by atoms with E-state index in [0.29, 0.717) is 18.0 Å². The van der Waals surface area contributed by atoms with Crippen molar-refractivity contribution in [2.75, 3.05) is 12.3 Å². The molecule has 0 spiro atoms. The van der Waals surface area contributed by atoms with Gasteiger partial charge in [-0.15, -0.1) is 0 Å². The van der Waals surface area contributed by atoms with E-state index >= 15 is 0 Å². The number of aliphatic hydroxyl groups excluding tert-OH is 2. The molecule has 2 fully saturated rings. The van der Waals surface area contributed by atoms with Gasteiger partial charge in [-0.25, -0.2) is 9.97 Å². The van der Waals surface area contributed by atoms with Crippen molar-refractivity contribution in [3.63, 3.8) is 0 Å². The molecule has 0 unspecified atom stereocenters. The van der Waals surface area contributed by atoms with Crippen LogP contribution in [0.3, 0.4) is 0 Å². The summed E-state index contributed by atoms with van der Waals surface area (Å²) in [4.78, 5) is 8.36. The first-order valence-electron chi connectivity index (χ1n) is 6.86. The molecular weight excluding hydrogens is 385 g/mol. The fraction of sp³-hybridized carbons (Fsp3) is 0.538. The fourth-order valence-electron chi connectivity index (χ4n) is 4.00. The van der Waals surface area contributed by atoms with Crippen LogP contribution < -0.4 is 11.5 Å². The molecule has 4 rings (SSSR count). The fourth-order valence-corrected chi connectivity index (χ4v) is 4.80. The molecule has 6 N–H and O–H groups in total. The standard InChI is InChI=1S/C13H16IN5O2/c14-7-3-19(12-8(7)11(16)17-4-18-12)13-1-6(13)5(2-15)9(20)10(13)21/h3-6,9-10,20-21H,1-2,15H2,(H2,16,17,18)/t5-,6-,9+,10+,13+/m0/s1. The van der Waals surface area contributed by atoms with Gasteiger partial charge in [0.1, 0.15) is 23.9 Å². The van der Waals surface area contributed by atoms with E-state index in [0.717, 1.165) is 15.4 Å². The Balaban J connectivity index is 1.91. The lowest BCUT2D eigenvalue weighted by Gasteiger charge is -2.24. The van der Waals surface area contributed by atoms with Crippen LogP contribution in [0.4, 0.5) is 5.82 Å². The molecule has 8 heteroatoms. The lowest BCUT2D eigenvalue weighted by Crippen LogP contribution is -2.39. The lowest BCUT2D eigenvalue weighted by atomic mass is 10.00. The van der Waals surface area contributed by atoms with Crippen molar-refractivity contribution in [2.45, 2.75) is 24.2 Å². The van der Waals surface area contributed by atoms with Gasteiger partial charge in [0.2, 0.25) is 0 Å². The maximum Gasteiger partial charge on any atom is 0.147 e. The van der Waals surface area contributed by atoms with Crippen molar-refractivity contribution < 1.29 is 10.2 Å². The monoisotopic (exact) mass is 401 g/mol. The zero-order valence-corrected chi connectivity index (χ0v) is 13.3. The Morgan fingerprint density at radius 2 is 2.19 bits per heavy atom. The lowest BCUT2D eigenvalue weighted by molar-refractivity contribution is -0.0154. The van der Waals surface area contributed by atoms with Crippen LogP contribution in [-0.4, -0.2) is 43.5 Å². The molecule has 2 heterocycles. The van der Waals surface area contributed by atoms with Crippen LogP contribution >= 0.6 is 22.6 Å². The number of nitrogens with zero attached hydrogens (tertiary/aromatic N) is 3. The number of hydrogen-bond acceptors (Lipinski definition) is 6. The highest BCUT2D eigenvalue weighted by Crippen LogP contribution is 2.64. The second-order valence-corrected chi connectivity index (χ2v) is 7.10. The van der Waals surface area contributed by atoms with Gasteiger partial charge in [0.25, 0.3) is 0 Å². The Bertz CT molecular complexity index is 735. The number of halogens is 1. The SMILES string of the molecule is NC[C@@H]1[C@@H](O)[C@@H](O)[C@@]2(n3cc(I)c4c(N)ncnc43)C[C@@H]12. The number of nitrogen functional groups attached to an aromatic ring is 1. The van der Waals surface area contributed by atoms with E-state index in [2.05, 4.69) is 32.6 Å². The van der Waals surface area contributed by atoms with Gasteiger partial charge in [0.15, 0.2) is 0 Å². The molecule has 0 bridgehead atoms. The Morgan fingerprint density at radius 1 is 1.43 bits per heavy atom. The Labute approximate surface area is 134 Å². The third kappa shape index (κ3) is 1.53. The molecule has 0 amide bonds. The summed E-state index contributed by atoms with van der Waals surface area (Å²) in [6.45, 7) is 0.373. The predicted molar refractivity (Wildman–Crippen MR) is 85.3 cm³/mol. The first kappa shape index (κ1) is 13.7. The Hall–Kier alpha value is -0.970. The van der Waals surface area contributed by atoms with E-state index in [9.17, 15) is 10.2 Å². The molecule has 0 saturated heterocycles. The van der Waals surface area contributed by atoms with Crippen molar-refractivity contribution in [1.29, 1.82) is 0 Å². The normalized spacial score (nSPS) is 37.9. The minimum atomic E-state index is -0.835. The molecular formula is C13H16IN5O2. The first-order valence-corrected chi connectivity index (χ1v) is 7.94. The van der Waals surface area contributed by atoms with Gasteiger partial charge in [0, 0.05) is 15.7 Å². The van der Waals surface area contributed by atoms with Gasteiger partial charge in [-0.1, -0.05) is 0 Å². The molecule has 21 heavy (non-hydrogen) atoms. The third-order valence-electron chi connectivity index (χ3n) is 5.11. The highest BCUT2D eigenvalue weighted by molar-refractivity contribution is 14.1. The van der Waals surface area contributed by atoms with Crippen LogP contribution in [0.5, 0.6) is 0 Å². The molecule has 0 radical (unpaired) electrons. The zero-order valence-electron chi connectivity index (χ0n) is 11.1. The molecule has 0 aliphatic heterocycles. The molecule has 2 saturated carbocycles. The average Bonchev–Trinajstić information content (AvgIpc) is 3.04. The second kappa shape index (κ2) is 4.28. The van der Waals surface area contributed by atoms with Crippen LogP contribution in [0.15, 0.2) is 12.5 Å². The summed E-state index contributed by atoms with van der Waals surface area (Å²) in [5.74, 6) is 0.532. The quantitative estimate of drug-likeness (QED) is 0.510. The summed E-state index contributed by atoms with van der Waals surface area (Å²) in [6, 6.07) is 0. The first-order chi connectivity index (χ1) is 10.0. The van der Waals surface area contributed by atoms with Gasteiger partial charge < -0.3 is 26.2 Å². The van der Waals surface area contributed by atoms with Crippen molar-refractivity contribution in [1.82, 2.24) is 14.5 Å². The van der Waals surface area contributed by atoms with Crippen LogP contribution in [0.2, 0.25) is 0 Å². The maximum atomic E-state index is 10.5. The molecule has 112 valence electrons. The van der Waals surface area contributed by atoms with Crippen molar-refractivity contribution in [2.24, 2.45) is 17.6 Å². The highest BCUT2D eigenvalue weighted by atomic mass is 127.